The fraction of sp³-hybridized carbons (Fsp3) is 0.885. The van der Waals surface area contributed by atoms with Crippen molar-refractivity contribution in [1.82, 2.24) is 5.32 Å². The maximum Gasteiger partial charge on any atom is 0.220 e. The van der Waals surface area contributed by atoms with Crippen LogP contribution in [-0.2, 0) is 23.7 Å². The third-order valence-corrected chi connectivity index (χ3v) is 15.1. The van der Waals surface area contributed by atoms with E-state index in [1.165, 1.54) is 180 Å². The molecule has 14 heteroatoms. The molecule has 0 spiro atoms. The normalized spacial score (nSPS) is 25.3. The van der Waals surface area contributed by atoms with Gasteiger partial charge in [0.05, 0.1) is 32.0 Å². The van der Waals surface area contributed by atoms with E-state index in [4.69, 9.17) is 18.9 Å². The number of allylic oxidation sites excluding steroid dienone is 5. The molecule has 0 aromatic carbocycles. The molecule has 0 radical (unpaired) electrons. The molecule has 14 nitrogen and oxygen atoms in total. The number of ether oxygens (including phenoxy) is 4. The van der Waals surface area contributed by atoms with Crippen LogP contribution >= 0.6 is 0 Å². The van der Waals surface area contributed by atoms with Gasteiger partial charge in [-0.2, -0.15) is 0 Å². The number of aliphatic hydroxyl groups is 8. The van der Waals surface area contributed by atoms with Gasteiger partial charge in [-0.1, -0.05) is 237 Å². The van der Waals surface area contributed by atoms with Gasteiger partial charge in [-0.25, -0.2) is 0 Å². The van der Waals surface area contributed by atoms with Gasteiger partial charge < -0.3 is 65.1 Å². The average Bonchev–Trinajstić information content (AvgIpc) is 3.41. The van der Waals surface area contributed by atoms with Gasteiger partial charge in [0.15, 0.2) is 12.6 Å². The number of nitrogens with one attached hydrogen (secondary N) is 1. The smallest absolute Gasteiger partial charge is 0.220 e. The third-order valence-electron chi connectivity index (χ3n) is 15.1. The summed E-state index contributed by atoms with van der Waals surface area (Å²) in [6.45, 7) is 2.62. The second kappa shape index (κ2) is 47.1. The van der Waals surface area contributed by atoms with Crippen LogP contribution in [0.4, 0.5) is 0 Å². The van der Waals surface area contributed by atoms with Gasteiger partial charge in [-0.15, -0.1) is 0 Å². The Bertz CT molecular complexity index is 1400. The van der Waals surface area contributed by atoms with Gasteiger partial charge in [0, 0.05) is 6.42 Å². The summed E-state index contributed by atoms with van der Waals surface area (Å²) < 4.78 is 22.6. The van der Waals surface area contributed by atoms with Crippen molar-refractivity contribution in [2.45, 2.75) is 325 Å². The molecule has 2 saturated heterocycles. The second-order valence-electron chi connectivity index (χ2n) is 21.8. The second-order valence-corrected chi connectivity index (χ2v) is 21.8. The molecule has 440 valence electrons. The third kappa shape index (κ3) is 32.8. The van der Waals surface area contributed by atoms with Gasteiger partial charge in [0.2, 0.25) is 5.91 Å². The summed E-state index contributed by atoms with van der Waals surface area (Å²) in [6, 6.07) is -0.908. The first-order valence-electron chi connectivity index (χ1n) is 30.7. The lowest BCUT2D eigenvalue weighted by atomic mass is 9.97. The Balaban J connectivity index is 1.46. The van der Waals surface area contributed by atoms with Crippen LogP contribution in [0.5, 0.6) is 0 Å². The lowest BCUT2D eigenvalue weighted by molar-refractivity contribution is -0.359. The molecule has 0 aliphatic carbocycles. The van der Waals surface area contributed by atoms with Crippen molar-refractivity contribution in [3.63, 3.8) is 0 Å². The molecule has 2 aliphatic heterocycles. The first kappa shape index (κ1) is 69.3. The SMILES string of the molecule is CCCC/C=C/C(O)C(COC1OC(CO)C(OC2OC(CO)C(O)C(O)C2O)C(O)C1O)NC(=O)CCCCCCCCCCCCCCCCCCCCCCCCCCC/C=C\C/C=C\CCCCCCC. The van der Waals surface area contributed by atoms with Crippen molar-refractivity contribution in [2.75, 3.05) is 19.8 Å². The molecule has 0 aromatic heterocycles. The molecular formula is C61H113NO13. The van der Waals surface area contributed by atoms with Gasteiger partial charge in [0.1, 0.15) is 48.8 Å². The highest BCUT2D eigenvalue weighted by atomic mass is 16.7. The van der Waals surface area contributed by atoms with E-state index in [9.17, 15) is 45.6 Å². The van der Waals surface area contributed by atoms with Crippen LogP contribution in [0.25, 0.3) is 0 Å². The van der Waals surface area contributed by atoms with Gasteiger partial charge in [-0.05, 0) is 44.9 Å². The van der Waals surface area contributed by atoms with Crippen molar-refractivity contribution >= 4 is 5.91 Å². The summed E-state index contributed by atoms with van der Waals surface area (Å²) in [7, 11) is 0. The minimum Gasteiger partial charge on any atom is -0.394 e. The Hall–Kier alpha value is -1.79. The summed E-state index contributed by atoms with van der Waals surface area (Å²) >= 11 is 0. The quantitative estimate of drug-likeness (QED) is 0.0204. The average molecular weight is 1070 g/mol. The molecule has 0 aromatic rings. The van der Waals surface area contributed by atoms with E-state index < -0.39 is 86.8 Å². The molecule has 12 unspecified atom stereocenters. The Morgan fingerprint density at radius 3 is 1.36 bits per heavy atom. The lowest BCUT2D eigenvalue weighted by Crippen LogP contribution is -2.65. The number of rotatable bonds is 49. The molecule has 2 fully saturated rings. The molecule has 75 heavy (non-hydrogen) atoms. The molecule has 2 heterocycles. The van der Waals surface area contributed by atoms with Gasteiger partial charge in [0.25, 0.3) is 0 Å². The molecule has 2 rings (SSSR count). The maximum atomic E-state index is 13.1. The first-order chi connectivity index (χ1) is 36.6. The zero-order valence-electron chi connectivity index (χ0n) is 47.3. The van der Waals surface area contributed by atoms with Gasteiger partial charge >= 0.3 is 0 Å². The van der Waals surface area contributed by atoms with Gasteiger partial charge in [-0.3, -0.25) is 4.79 Å². The number of hydrogen-bond donors (Lipinski definition) is 9. The molecule has 9 N–H and O–H groups in total. The number of aliphatic hydroxyl groups excluding tert-OH is 8. The van der Waals surface area contributed by atoms with Crippen LogP contribution in [0.1, 0.15) is 251 Å². The maximum absolute atomic E-state index is 13.1. The van der Waals surface area contributed by atoms with Crippen LogP contribution in [0.3, 0.4) is 0 Å². The topological polar surface area (TPSA) is 228 Å². The first-order valence-corrected chi connectivity index (χ1v) is 30.7. The van der Waals surface area contributed by atoms with Crippen LogP contribution in [0.2, 0.25) is 0 Å². The molecular weight excluding hydrogens is 955 g/mol. The number of hydrogen-bond acceptors (Lipinski definition) is 13. The Labute approximate surface area is 455 Å². The van der Waals surface area contributed by atoms with Crippen molar-refractivity contribution < 1.29 is 64.6 Å². The van der Waals surface area contributed by atoms with Crippen molar-refractivity contribution in [3.8, 4) is 0 Å². The zero-order valence-corrected chi connectivity index (χ0v) is 47.3. The minimum absolute atomic E-state index is 0.245. The molecule has 2 aliphatic rings. The summed E-state index contributed by atoms with van der Waals surface area (Å²) in [5.74, 6) is -0.245. The van der Waals surface area contributed by atoms with E-state index >= 15 is 0 Å². The van der Waals surface area contributed by atoms with E-state index in [0.717, 1.165) is 44.9 Å². The number of carbonyl (C=O) groups excluding carboxylic acids is 1. The number of unbranched alkanes of at least 4 members (excludes halogenated alkanes) is 32. The van der Waals surface area contributed by atoms with Crippen molar-refractivity contribution in [2.24, 2.45) is 0 Å². The Morgan fingerprint density at radius 1 is 0.480 bits per heavy atom. The van der Waals surface area contributed by atoms with Crippen molar-refractivity contribution in [3.05, 3.63) is 36.5 Å². The monoisotopic (exact) mass is 1070 g/mol. The van der Waals surface area contributed by atoms with E-state index in [2.05, 4.69) is 43.5 Å². The van der Waals surface area contributed by atoms with Crippen LogP contribution in [0, 0.1) is 0 Å². The van der Waals surface area contributed by atoms with E-state index in [1.54, 1.807) is 6.08 Å². The summed E-state index contributed by atoms with van der Waals surface area (Å²) in [6.07, 6.45) is 41.9. The van der Waals surface area contributed by atoms with Crippen LogP contribution in [-0.4, -0.2) is 140 Å². The van der Waals surface area contributed by atoms with Crippen LogP contribution in [0.15, 0.2) is 36.5 Å². The summed E-state index contributed by atoms with van der Waals surface area (Å²) in [5, 5.41) is 86.2. The zero-order chi connectivity index (χ0) is 54.6. The van der Waals surface area contributed by atoms with E-state index in [1.807, 2.05) is 6.08 Å². The highest BCUT2D eigenvalue weighted by Gasteiger charge is 2.51. The molecule has 0 saturated carbocycles. The predicted octanol–water partition coefficient (Wildman–Crippen LogP) is 10.6. The highest BCUT2D eigenvalue weighted by molar-refractivity contribution is 5.76. The fourth-order valence-electron chi connectivity index (χ4n) is 10.1. The largest absolute Gasteiger partial charge is 0.394 e. The minimum atomic E-state index is -1.78. The Morgan fingerprint density at radius 2 is 0.893 bits per heavy atom. The van der Waals surface area contributed by atoms with E-state index in [-0.39, 0.29) is 18.9 Å². The summed E-state index contributed by atoms with van der Waals surface area (Å²) in [5.41, 5.74) is 0. The molecule has 0 bridgehead atoms. The van der Waals surface area contributed by atoms with E-state index in [0.29, 0.717) is 6.42 Å². The Kier molecular flexibility index (Phi) is 43.5. The predicted molar refractivity (Wildman–Crippen MR) is 300 cm³/mol. The fourth-order valence-corrected chi connectivity index (χ4v) is 10.1. The summed E-state index contributed by atoms with van der Waals surface area (Å²) in [4.78, 5) is 13.1. The van der Waals surface area contributed by atoms with Crippen molar-refractivity contribution in [1.29, 1.82) is 0 Å². The standard InChI is InChI=1S/C61H113NO13/c1-3-5-7-9-10-11-12-13-14-15-16-17-18-19-20-21-22-23-24-25-26-27-28-29-30-31-32-33-34-35-36-37-38-39-40-41-43-45-53(66)62-49(50(65)44-42-8-6-4-2)48-72-60-58(71)56(69)59(52(47-64)74-60)75-61-57(70)55(68)54(67)51(46-63)73-61/h12-13,15-16,42,44,49-52,54-61,63-65,67-71H,3-11,14,17-41,43,45-48H2,1-2H3,(H,62,66)/b13-12-,16-15-,44-42+. The number of amides is 1. The van der Waals surface area contributed by atoms with Crippen LogP contribution < -0.4 is 5.32 Å². The molecule has 1 amide bonds. The lowest BCUT2D eigenvalue weighted by Gasteiger charge is -2.46. The highest BCUT2D eigenvalue weighted by Crippen LogP contribution is 2.30. The molecule has 12 atom stereocenters. The number of carbonyl (C=O) groups is 1.